The number of rotatable bonds is 5. The molecule has 0 saturated carbocycles. The number of nitrogens with one attached hydrogen (secondary N) is 1. The molecule has 5 heteroatoms. The molecule has 0 spiro atoms. The van der Waals surface area contributed by atoms with Crippen molar-refractivity contribution in [3.8, 4) is 0 Å². The molecule has 1 N–H and O–H groups in total. The van der Waals surface area contributed by atoms with E-state index in [0.717, 1.165) is 25.3 Å². The summed E-state index contributed by atoms with van der Waals surface area (Å²) in [6.07, 6.45) is 2.65. The zero-order chi connectivity index (χ0) is 10.5. The molecule has 15 heavy (non-hydrogen) atoms. The Morgan fingerprint density at radius 1 is 1.53 bits per heavy atom. The highest BCUT2D eigenvalue weighted by molar-refractivity contribution is 7.09. The molecule has 0 unspecified atom stereocenters. The third kappa shape index (κ3) is 2.87. The standard InChI is InChI=1S/C10H14N4S/c1-14-8-12-13-10(14)4-5-11-7-9-3-2-6-15-9/h2-3,6,8,11H,4-5,7H2,1H3. The van der Waals surface area contributed by atoms with E-state index in [1.54, 1.807) is 17.7 Å². The van der Waals surface area contributed by atoms with E-state index in [1.807, 2.05) is 11.6 Å². The molecule has 0 atom stereocenters. The van der Waals surface area contributed by atoms with Crippen LogP contribution in [-0.4, -0.2) is 21.3 Å². The molecular formula is C10H14N4S. The zero-order valence-electron chi connectivity index (χ0n) is 8.68. The van der Waals surface area contributed by atoms with Gasteiger partial charge in [-0.15, -0.1) is 21.5 Å². The molecule has 4 nitrogen and oxygen atoms in total. The van der Waals surface area contributed by atoms with Crippen LogP contribution in [0.3, 0.4) is 0 Å². The molecule has 2 rings (SSSR count). The van der Waals surface area contributed by atoms with Crippen LogP contribution in [0.25, 0.3) is 0 Å². The second-order valence-corrected chi connectivity index (χ2v) is 4.40. The van der Waals surface area contributed by atoms with Crippen LogP contribution in [0.2, 0.25) is 0 Å². The Morgan fingerprint density at radius 3 is 3.13 bits per heavy atom. The minimum absolute atomic E-state index is 0.919. The molecular weight excluding hydrogens is 208 g/mol. The topological polar surface area (TPSA) is 42.7 Å². The fourth-order valence-electron chi connectivity index (χ4n) is 1.36. The molecule has 0 aliphatic heterocycles. The van der Waals surface area contributed by atoms with Gasteiger partial charge in [0.05, 0.1) is 0 Å². The van der Waals surface area contributed by atoms with Gasteiger partial charge in [0.2, 0.25) is 0 Å². The molecule has 2 aromatic heterocycles. The summed E-state index contributed by atoms with van der Waals surface area (Å²) in [4.78, 5) is 1.37. The Labute approximate surface area is 93.0 Å². The van der Waals surface area contributed by atoms with Gasteiger partial charge in [-0.1, -0.05) is 6.07 Å². The summed E-state index contributed by atoms with van der Waals surface area (Å²) >= 11 is 1.78. The van der Waals surface area contributed by atoms with E-state index in [-0.39, 0.29) is 0 Å². The van der Waals surface area contributed by atoms with E-state index in [4.69, 9.17) is 0 Å². The maximum absolute atomic E-state index is 4.03. The smallest absolute Gasteiger partial charge is 0.133 e. The van der Waals surface area contributed by atoms with Crippen molar-refractivity contribution in [3.05, 3.63) is 34.5 Å². The maximum Gasteiger partial charge on any atom is 0.133 e. The highest BCUT2D eigenvalue weighted by Gasteiger charge is 1.99. The average Bonchev–Trinajstić information content (AvgIpc) is 2.85. The lowest BCUT2D eigenvalue weighted by Crippen LogP contribution is -2.17. The zero-order valence-corrected chi connectivity index (χ0v) is 9.50. The third-order valence-electron chi connectivity index (χ3n) is 2.21. The van der Waals surface area contributed by atoms with Gasteiger partial charge in [0.25, 0.3) is 0 Å². The largest absolute Gasteiger partial charge is 0.321 e. The van der Waals surface area contributed by atoms with Crippen molar-refractivity contribution in [2.24, 2.45) is 7.05 Å². The van der Waals surface area contributed by atoms with Crippen molar-refractivity contribution >= 4 is 11.3 Å². The van der Waals surface area contributed by atoms with Gasteiger partial charge < -0.3 is 9.88 Å². The van der Waals surface area contributed by atoms with Gasteiger partial charge in [-0.25, -0.2) is 0 Å². The maximum atomic E-state index is 4.03. The summed E-state index contributed by atoms with van der Waals surface area (Å²) in [5.41, 5.74) is 0. The van der Waals surface area contributed by atoms with Gasteiger partial charge in [0.15, 0.2) is 0 Å². The van der Waals surface area contributed by atoms with Gasteiger partial charge in [0.1, 0.15) is 12.2 Å². The lowest BCUT2D eigenvalue weighted by atomic mass is 10.4. The summed E-state index contributed by atoms with van der Waals surface area (Å²) in [7, 11) is 1.97. The Kier molecular flexibility index (Phi) is 3.47. The predicted octanol–water partition coefficient (Wildman–Crippen LogP) is 1.21. The van der Waals surface area contributed by atoms with Crippen LogP contribution < -0.4 is 5.32 Å². The van der Waals surface area contributed by atoms with Gasteiger partial charge in [-0.2, -0.15) is 0 Å². The lowest BCUT2D eigenvalue weighted by Gasteiger charge is -2.02. The first kappa shape index (κ1) is 10.3. The Hall–Kier alpha value is -1.20. The lowest BCUT2D eigenvalue weighted by molar-refractivity contribution is 0.658. The monoisotopic (exact) mass is 222 g/mol. The summed E-state index contributed by atoms with van der Waals surface area (Å²) in [5.74, 6) is 1.02. The van der Waals surface area contributed by atoms with Crippen LogP contribution >= 0.6 is 11.3 Å². The molecule has 0 amide bonds. The molecule has 0 saturated heterocycles. The second kappa shape index (κ2) is 5.04. The normalized spacial score (nSPS) is 10.7. The van der Waals surface area contributed by atoms with Crippen LogP contribution in [0.15, 0.2) is 23.8 Å². The predicted molar refractivity (Wildman–Crippen MR) is 60.7 cm³/mol. The average molecular weight is 222 g/mol. The number of aryl methyl sites for hydroxylation is 1. The Balaban J connectivity index is 1.70. The van der Waals surface area contributed by atoms with E-state index in [2.05, 4.69) is 33.0 Å². The molecule has 0 aliphatic carbocycles. The Bertz CT molecular complexity index is 393. The number of thiophene rings is 1. The number of hydrogen-bond acceptors (Lipinski definition) is 4. The van der Waals surface area contributed by atoms with Crippen molar-refractivity contribution < 1.29 is 0 Å². The summed E-state index contributed by atoms with van der Waals surface area (Å²) in [6, 6.07) is 4.21. The van der Waals surface area contributed by atoms with Crippen LogP contribution in [0.4, 0.5) is 0 Å². The molecule has 0 aliphatic rings. The quantitative estimate of drug-likeness (QED) is 0.773. The summed E-state index contributed by atoms with van der Waals surface area (Å²) in [5, 5.41) is 13.3. The highest BCUT2D eigenvalue weighted by atomic mass is 32.1. The number of nitrogens with zero attached hydrogens (tertiary/aromatic N) is 3. The molecule has 2 heterocycles. The Morgan fingerprint density at radius 2 is 2.47 bits per heavy atom. The molecule has 2 aromatic rings. The minimum atomic E-state index is 0.919. The van der Waals surface area contributed by atoms with Crippen LogP contribution in [0.1, 0.15) is 10.7 Å². The second-order valence-electron chi connectivity index (χ2n) is 3.36. The van der Waals surface area contributed by atoms with Crippen molar-refractivity contribution in [3.63, 3.8) is 0 Å². The van der Waals surface area contributed by atoms with E-state index >= 15 is 0 Å². The van der Waals surface area contributed by atoms with E-state index in [9.17, 15) is 0 Å². The first-order valence-corrected chi connectivity index (χ1v) is 5.80. The van der Waals surface area contributed by atoms with Crippen molar-refractivity contribution in [1.82, 2.24) is 20.1 Å². The van der Waals surface area contributed by atoms with Crippen molar-refractivity contribution in [2.45, 2.75) is 13.0 Å². The van der Waals surface area contributed by atoms with Gasteiger partial charge in [-0.05, 0) is 11.4 Å². The molecule has 0 bridgehead atoms. The van der Waals surface area contributed by atoms with Crippen molar-refractivity contribution in [1.29, 1.82) is 0 Å². The summed E-state index contributed by atoms with van der Waals surface area (Å²) < 4.78 is 1.95. The van der Waals surface area contributed by atoms with Crippen LogP contribution in [0.5, 0.6) is 0 Å². The highest BCUT2D eigenvalue weighted by Crippen LogP contribution is 2.07. The van der Waals surface area contributed by atoms with Gasteiger partial charge >= 0.3 is 0 Å². The van der Waals surface area contributed by atoms with Crippen molar-refractivity contribution in [2.75, 3.05) is 6.54 Å². The number of aromatic nitrogens is 3. The van der Waals surface area contributed by atoms with E-state index in [1.165, 1.54) is 4.88 Å². The first-order chi connectivity index (χ1) is 7.36. The van der Waals surface area contributed by atoms with Crippen LogP contribution in [0, 0.1) is 0 Å². The fourth-order valence-corrected chi connectivity index (χ4v) is 2.03. The van der Waals surface area contributed by atoms with E-state index in [0.29, 0.717) is 0 Å². The van der Waals surface area contributed by atoms with Gasteiger partial charge in [-0.3, -0.25) is 0 Å². The third-order valence-corrected chi connectivity index (χ3v) is 3.09. The number of hydrogen-bond donors (Lipinski definition) is 1. The molecule has 0 fully saturated rings. The van der Waals surface area contributed by atoms with Crippen LogP contribution in [-0.2, 0) is 20.0 Å². The minimum Gasteiger partial charge on any atom is -0.321 e. The van der Waals surface area contributed by atoms with E-state index < -0.39 is 0 Å². The van der Waals surface area contributed by atoms with Gasteiger partial charge in [0, 0.05) is 31.4 Å². The first-order valence-electron chi connectivity index (χ1n) is 4.92. The molecule has 0 radical (unpaired) electrons. The summed E-state index contributed by atoms with van der Waals surface area (Å²) in [6.45, 7) is 1.87. The molecule has 0 aromatic carbocycles. The molecule has 80 valence electrons. The fraction of sp³-hybridized carbons (Fsp3) is 0.400. The SMILES string of the molecule is Cn1cnnc1CCNCc1cccs1.